The summed E-state index contributed by atoms with van der Waals surface area (Å²) < 4.78 is 1.79. The Morgan fingerprint density at radius 1 is 1.50 bits per heavy atom. The first-order valence-corrected chi connectivity index (χ1v) is 6.26. The van der Waals surface area contributed by atoms with Gasteiger partial charge in [0.25, 0.3) is 0 Å². The Morgan fingerprint density at radius 3 is 3.06 bits per heavy atom. The van der Waals surface area contributed by atoms with Gasteiger partial charge in [-0.3, -0.25) is 9.48 Å². The molecule has 0 aliphatic heterocycles. The molecule has 0 atom stereocenters. The van der Waals surface area contributed by atoms with Crippen LogP contribution in [0.1, 0.15) is 28.7 Å². The molecular weight excluding hydrogens is 220 g/mol. The minimum absolute atomic E-state index is 0.147. The van der Waals surface area contributed by atoms with Crippen LogP contribution in [0.3, 0.4) is 0 Å². The molecule has 2 aromatic rings. The zero-order valence-corrected chi connectivity index (χ0v) is 10.0. The van der Waals surface area contributed by atoms with Crippen LogP contribution in [0.2, 0.25) is 0 Å². The van der Waals surface area contributed by atoms with Crippen molar-refractivity contribution >= 4 is 17.1 Å². The van der Waals surface area contributed by atoms with Gasteiger partial charge in [-0.25, -0.2) is 0 Å². The molecule has 0 N–H and O–H groups in total. The number of aryl methyl sites for hydroxylation is 1. The number of ketones is 1. The van der Waals surface area contributed by atoms with Crippen molar-refractivity contribution in [3.63, 3.8) is 0 Å². The summed E-state index contributed by atoms with van der Waals surface area (Å²) in [6.07, 6.45) is 3.16. The highest BCUT2D eigenvalue weighted by atomic mass is 32.1. The van der Waals surface area contributed by atoms with Gasteiger partial charge in [0.05, 0.1) is 0 Å². The van der Waals surface area contributed by atoms with E-state index in [9.17, 15) is 4.79 Å². The highest BCUT2D eigenvalue weighted by Gasteiger charge is 2.12. The average molecular weight is 234 g/mol. The van der Waals surface area contributed by atoms with E-state index in [2.05, 4.69) is 12.0 Å². The molecular formula is C12H14N2OS. The Hall–Kier alpha value is -1.42. The molecule has 0 radical (unpaired) electrons. The van der Waals surface area contributed by atoms with E-state index < -0.39 is 0 Å². The summed E-state index contributed by atoms with van der Waals surface area (Å²) in [5.41, 5.74) is 0.718. The number of carbonyl (C=O) groups excluding carboxylic acids is 1. The second-order valence-electron chi connectivity index (χ2n) is 3.62. The van der Waals surface area contributed by atoms with Crippen LogP contribution in [0.4, 0.5) is 0 Å². The van der Waals surface area contributed by atoms with Crippen molar-refractivity contribution in [1.29, 1.82) is 0 Å². The van der Waals surface area contributed by atoms with E-state index in [4.69, 9.17) is 0 Å². The third kappa shape index (κ3) is 2.39. The first-order valence-electron chi connectivity index (χ1n) is 5.38. The minimum Gasteiger partial charge on any atom is -0.292 e. The predicted octanol–water partition coefficient (Wildman–Crippen LogP) is 2.78. The maximum absolute atomic E-state index is 12.0. The van der Waals surface area contributed by atoms with Gasteiger partial charge in [0.2, 0.25) is 0 Å². The summed E-state index contributed by atoms with van der Waals surface area (Å²) >= 11 is 1.62. The molecule has 0 bridgehead atoms. The lowest BCUT2D eigenvalue weighted by atomic mass is 10.2. The fraction of sp³-hybridized carbons (Fsp3) is 0.333. The number of rotatable bonds is 5. The van der Waals surface area contributed by atoms with E-state index in [1.54, 1.807) is 28.3 Å². The van der Waals surface area contributed by atoms with E-state index in [-0.39, 0.29) is 5.78 Å². The molecule has 84 valence electrons. The number of hydrogen-bond donors (Lipinski definition) is 0. The zero-order valence-electron chi connectivity index (χ0n) is 9.22. The molecule has 16 heavy (non-hydrogen) atoms. The van der Waals surface area contributed by atoms with Crippen molar-refractivity contribution < 1.29 is 4.79 Å². The molecule has 2 aromatic heterocycles. The maximum atomic E-state index is 12.0. The molecule has 0 aliphatic rings. The Kier molecular flexibility index (Phi) is 3.51. The maximum Gasteiger partial charge on any atom is 0.186 e. The molecule has 0 aliphatic carbocycles. The average Bonchev–Trinajstić information content (AvgIpc) is 2.89. The molecule has 0 amide bonds. The van der Waals surface area contributed by atoms with E-state index in [1.165, 1.54) is 0 Å². The SMILES string of the molecule is CCCn1nccc1C(=O)Cc1cccs1. The van der Waals surface area contributed by atoms with Crippen molar-refractivity contribution in [2.24, 2.45) is 0 Å². The summed E-state index contributed by atoms with van der Waals surface area (Å²) in [6, 6.07) is 5.76. The second-order valence-corrected chi connectivity index (χ2v) is 4.65. The van der Waals surface area contributed by atoms with Crippen molar-refractivity contribution in [1.82, 2.24) is 9.78 Å². The Balaban J connectivity index is 2.11. The van der Waals surface area contributed by atoms with Gasteiger partial charge in [-0.05, 0) is 23.9 Å². The molecule has 0 fully saturated rings. The predicted molar refractivity (Wildman–Crippen MR) is 64.9 cm³/mol. The van der Waals surface area contributed by atoms with Crippen LogP contribution in [-0.2, 0) is 13.0 Å². The highest BCUT2D eigenvalue weighted by molar-refractivity contribution is 7.10. The highest BCUT2D eigenvalue weighted by Crippen LogP contribution is 2.12. The first-order chi connectivity index (χ1) is 7.81. The second kappa shape index (κ2) is 5.07. The lowest BCUT2D eigenvalue weighted by Crippen LogP contribution is -2.12. The lowest BCUT2D eigenvalue weighted by molar-refractivity contribution is 0.0983. The van der Waals surface area contributed by atoms with Crippen LogP contribution in [0.15, 0.2) is 29.8 Å². The minimum atomic E-state index is 0.147. The van der Waals surface area contributed by atoms with Gasteiger partial charge in [-0.1, -0.05) is 13.0 Å². The van der Waals surface area contributed by atoms with Gasteiger partial charge in [0.1, 0.15) is 5.69 Å². The van der Waals surface area contributed by atoms with Crippen molar-refractivity contribution in [2.75, 3.05) is 0 Å². The zero-order chi connectivity index (χ0) is 11.4. The van der Waals surface area contributed by atoms with Gasteiger partial charge < -0.3 is 0 Å². The Labute approximate surface area is 98.7 Å². The van der Waals surface area contributed by atoms with Gasteiger partial charge in [-0.15, -0.1) is 11.3 Å². The summed E-state index contributed by atoms with van der Waals surface area (Å²) in [6.45, 7) is 2.88. The monoisotopic (exact) mass is 234 g/mol. The summed E-state index contributed by atoms with van der Waals surface area (Å²) in [4.78, 5) is 13.1. The molecule has 0 unspecified atom stereocenters. The summed E-state index contributed by atoms with van der Waals surface area (Å²) in [7, 11) is 0. The fourth-order valence-electron chi connectivity index (χ4n) is 1.62. The number of carbonyl (C=O) groups is 1. The molecule has 0 spiro atoms. The van der Waals surface area contributed by atoms with E-state index in [0.29, 0.717) is 6.42 Å². The first kappa shape index (κ1) is 11.1. The summed E-state index contributed by atoms with van der Waals surface area (Å²) in [5.74, 6) is 0.147. The number of aromatic nitrogens is 2. The van der Waals surface area contributed by atoms with Crippen molar-refractivity contribution in [3.8, 4) is 0 Å². The van der Waals surface area contributed by atoms with E-state index in [1.807, 2.05) is 17.5 Å². The van der Waals surface area contributed by atoms with Crippen LogP contribution in [-0.4, -0.2) is 15.6 Å². The van der Waals surface area contributed by atoms with Crippen LogP contribution in [0.5, 0.6) is 0 Å². The molecule has 4 heteroatoms. The van der Waals surface area contributed by atoms with Crippen LogP contribution in [0, 0.1) is 0 Å². The van der Waals surface area contributed by atoms with Crippen molar-refractivity contribution in [3.05, 3.63) is 40.3 Å². The number of hydrogen-bond acceptors (Lipinski definition) is 3. The number of Topliss-reactive ketones (excluding diaryl/α,β-unsaturated/α-hetero) is 1. The largest absolute Gasteiger partial charge is 0.292 e. The van der Waals surface area contributed by atoms with Crippen LogP contribution in [0.25, 0.3) is 0 Å². The van der Waals surface area contributed by atoms with Gasteiger partial charge in [-0.2, -0.15) is 5.10 Å². The third-order valence-corrected chi connectivity index (χ3v) is 3.23. The lowest BCUT2D eigenvalue weighted by Gasteiger charge is -2.04. The smallest absolute Gasteiger partial charge is 0.186 e. The molecule has 0 saturated carbocycles. The van der Waals surface area contributed by atoms with Crippen molar-refractivity contribution in [2.45, 2.75) is 26.3 Å². The molecule has 3 nitrogen and oxygen atoms in total. The molecule has 0 saturated heterocycles. The fourth-order valence-corrected chi connectivity index (χ4v) is 2.32. The van der Waals surface area contributed by atoms with Gasteiger partial charge in [0.15, 0.2) is 5.78 Å². The van der Waals surface area contributed by atoms with E-state index >= 15 is 0 Å². The topological polar surface area (TPSA) is 34.9 Å². The van der Waals surface area contributed by atoms with Crippen LogP contribution < -0.4 is 0 Å². The standard InChI is InChI=1S/C12H14N2OS/c1-2-7-14-11(5-6-13-14)12(15)9-10-4-3-8-16-10/h3-6,8H,2,7,9H2,1H3. The number of nitrogens with zero attached hydrogens (tertiary/aromatic N) is 2. The molecule has 0 aromatic carbocycles. The quantitative estimate of drug-likeness (QED) is 0.746. The normalized spacial score (nSPS) is 10.6. The molecule has 2 rings (SSSR count). The third-order valence-electron chi connectivity index (χ3n) is 2.35. The van der Waals surface area contributed by atoms with Gasteiger partial charge >= 0.3 is 0 Å². The number of thiophene rings is 1. The Morgan fingerprint density at radius 2 is 2.38 bits per heavy atom. The Bertz CT molecular complexity index is 459. The summed E-state index contributed by atoms with van der Waals surface area (Å²) in [5, 5.41) is 6.15. The van der Waals surface area contributed by atoms with Gasteiger partial charge in [0, 0.05) is 24.0 Å². The van der Waals surface area contributed by atoms with E-state index in [0.717, 1.165) is 23.5 Å². The molecule has 2 heterocycles. The van der Waals surface area contributed by atoms with Crippen LogP contribution >= 0.6 is 11.3 Å².